The van der Waals surface area contributed by atoms with Crippen LogP contribution in [0, 0.1) is 0 Å². The van der Waals surface area contributed by atoms with Gasteiger partial charge >= 0.3 is 0 Å². The molecule has 1 heterocycles. The van der Waals surface area contributed by atoms with Crippen LogP contribution in [0.2, 0.25) is 0 Å². The van der Waals surface area contributed by atoms with Crippen molar-refractivity contribution in [3.8, 4) is 11.5 Å². The third kappa shape index (κ3) is 5.72. The summed E-state index contributed by atoms with van der Waals surface area (Å²) in [7, 11) is 1.57. The molecule has 6 nitrogen and oxygen atoms in total. The first-order chi connectivity index (χ1) is 14.0. The molecule has 0 aliphatic rings. The van der Waals surface area contributed by atoms with E-state index in [1.54, 1.807) is 25.4 Å². The molecule has 0 fully saturated rings. The second-order valence-electron chi connectivity index (χ2n) is 6.89. The maximum Gasteiger partial charge on any atom is 0.269 e. The molecule has 0 unspecified atom stereocenters. The average Bonchev–Trinajstić information content (AvgIpc) is 2.75. The van der Waals surface area contributed by atoms with Gasteiger partial charge in [0.2, 0.25) is 0 Å². The highest BCUT2D eigenvalue weighted by Gasteiger charge is 2.07. The summed E-state index contributed by atoms with van der Waals surface area (Å²) in [5, 5.41) is 9.22. The van der Waals surface area contributed by atoms with E-state index in [0.29, 0.717) is 29.8 Å². The lowest BCUT2D eigenvalue weighted by Crippen LogP contribution is -2.18. The van der Waals surface area contributed by atoms with Crippen LogP contribution >= 0.6 is 0 Å². The van der Waals surface area contributed by atoms with E-state index in [1.165, 1.54) is 5.56 Å². The number of ether oxygens (including phenoxy) is 1. The summed E-state index contributed by atoms with van der Waals surface area (Å²) in [6.07, 6.45) is 1.55. The molecule has 0 aliphatic carbocycles. The molecule has 150 valence electrons. The first-order valence-corrected chi connectivity index (χ1v) is 9.59. The fourth-order valence-corrected chi connectivity index (χ4v) is 2.74. The van der Waals surface area contributed by atoms with Gasteiger partial charge in [0.25, 0.3) is 5.91 Å². The molecule has 29 heavy (non-hydrogen) atoms. The summed E-state index contributed by atoms with van der Waals surface area (Å²) in [5.41, 5.74) is 3.70. The molecule has 3 rings (SSSR count). The zero-order chi connectivity index (χ0) is 20.6. The Balaban J connectivity index is 1.52. The van der Waals surface area contributed by atoms with Crippen LogP contribution < -0.4 is 20.7 Å². The second kappa shape index (κ2) is 9.59. The zero-order valence-corrected chi connectivity index (χ0v) is 16.9. The molecular formula is C23H26N4O2. The van der Waals surface area contributed by atoms with Crippen molar-refractivity contribution in [1.82, 2.24) is 10.3 Å². The summed E-state index contributed by atoms with van der Waals surface area (Å²) >= 11 is 0. The Labute approximate surface area is 171 Å². The molecule has 0 saturated carbocycles. The van der Waals surface area contributed by atoms with Gasteiger partial charge in [0.1, 0.15) is 17.2 Å². The molecule has 3 aromatic rings. The van der Waals surface area contributed by atoms with Crippen LogP contribution in [0.1, 0.15) is 35.8 Å². The van der Waals surface area contributed by atoms with Crippen molar-refractivity contribution in [2.24, 2.45) is 0 Å². The van der Waals surface area contributed by atoms with Crippen LogP contribution in [0.5, 0.6) is 11.5 Å². The van der Waals surface area contributed by atoms with E-state index in [4.69, 9.17) is 4.74 Å². The van der Waals surface area contributed by atoms with E-state index >= 15 is 0 Å². The number of hydrogen-bond donors (Lipinski definition) is 3. The third-order valence-electron chi connectivity index (χ3n) is 4.44. The molecule has 0 spiro atoms. The minimum Gasteiger partial charge on any atom is -0.457 e. The number of pyridine rings is 1. The van der Waals surface area contributed by atoms with Gasteiger partial charge in [-0.15, -0.1) is 0 Å². The lowest BCUT2D eigenvalue weighted by atomic mass is 10.0. The summed E-state index contributed by atoms with van der Waals surface area (Å²) in [6, 6.07) is 19.4. The number of carbonyl (C=O) groups excluding carboxylic acids is 1. The fraction of sp³-hybridized carbons (Fsp3) is 0.217. The van der Waals surface area contributed by atoms with E-state index in [2.05, 4.69) is 59.0 Å². The maximum atomic E-state index is 11.7. The van der Waals surface area contributed by atoms with E-state index in [0.717, 1.165) is 11.4 Å². The van der Waals surface area contributed by atoms with Crippen molar-refractivity contribution in [1.29, 1.82) is 0 Å². The molecule has 2 aromatic carbocycles. The first kappa shape index (κ1) is 20.2. The van der Waals surface area contributed by atoms with Gasteiger partial charge < -0.3 is 20.7 Å². The van der Waals surface area contributed by atoms with Gasteiger partial charge in [-0.1, -0.05) is 26.0 Å². The minimum atomic E-state index is -0.249. The standard InChI is InChI=1S/C23H26N4O2/c1-16(2)17-4-6-18(7-5-17)26-15-27-19-8-10-20(11-9-19)29-21-12-13-25-22(14-21)23(28)24-3/h4-14,16,26-27H,15H2,1-3H3,(H,24,28). The van der Waals surface area contributed by atoms with Gasteiger partial charge in [-0.2, -0.15) is 0 Å². The zero-order valence-electron chi connectivity index (χ0n) is 16.9. The largest absolute Gasteiger partial charge is 0.457 e. The van der Waals surface area contributed by atoms with Gasteiger partial charge in [0.05, 0.1) is 6.67 Å². The van der Waals surface area contributed by atoms with E-state index in [1.807, 2.05) is 24.3 Å². The lowest BCUT2D eigenvalue weighted by Gasteiger charge is -2.12. The molecule has 0 atom stereocenters. The van der Waals surface area contributed by atoms with Crippen LogP contribution in [0.15, 0.2) is 66.9 Å². The normalized spacial score (nSPS) is 10.5. The number of nitrogens with one attached hydrogen (secondary N) is 3. The Hall–Kier alpha value is -3.54. The Morgan fingerprint density at radius 3 is 2.14 bits per heavy atom. The van der Waals surface area contributed by atoms with Crippen molar-refractivity contribution in [3.63, 3.8) is 0 Å². The number of nitrogens with zero attached hydrogens (tertiary/aromatic N) is 1. The van der Waals surface area contributed by atoms with E-state index in [9.17, 15) is 4.79 Å². The monoisotopic (exact) mass is 390 g/mol. The van der Waals surface area contributed by atoms with Crippen molar-refractivity contribution in [3.05, 3.63) is 78.1 Å². The van der Waals surface area contributed by atoms with Crippen LogP contribution in [0.25, 0.3) is 0 Å². The highest BCUT2D eigenvalue weighted by atomic mass is 16.5. The Kier molecular flexibility index (Phi) is 6.68. The Bertz CT molecular complexity index is 938. The number of hydrogen-bond acceptors (Lipinski definition) is 5. The molecule has 0 saturated heterocycles. The fourth-order valence-electron chi connectivity index (χ4n) is 2.74. The number of carbonyl (C=O) groups is 1. The number of benzene rings is 2. The average molecular weight is 390 g/mol. The molecule has 6 heteroatoms. The van der Waals surface area contributed by atoms with Gasteiger partial charge in [-0.3, -0.25) is 9.78 Å². The van der Waals surface area contributed by atoms with Crippen LogP contribution in [-0.4, -0.2) is 24.6 Å². The van der Waals surface area contributed by atoms with Crippen molar-refractivity contribution in [2.45, 2.75) is 19.8 Å². The van der Waals surface area contributed by atoms with Crippen molar-refractivity contribution < 1.29 is 9.53 Å². The van der Waals surface area contributed by atoms with E-state index < -0.39 is 0 Å². The van der Waals surface area contributed by atoms with Crippen molar-refractivity contribution in [2.75, 3.05) is 24.3 Å². The summed E-state index contributed by atoms with van der Waals surface area (Å²) in [5.74, 6) is 1.53. The van der Waals surface area contributed by atoms with Gasteiger partial charge in [-0.05, 0) is 53.9 Å². The van der Waals surface area contributed by atoms with Gasteiger partial charge in [0, 0.05) is 30.7 Å². The quantitative estimate of drug-likeness (QED) is 0.480. The summed E-state index contributed by atoms with van der Waals surface area (Å²) in [6.45, 7) is 4.99. The van der Waals surface area contributed by atoms with Gasteiger partial charge in [-0.25, -0.2) is 0 Å². The van der Waals surface area contributed by atoms with Gasteiger partial charge in [0.15, 0.2) is 0 Å². The first-order valence-electron chi connectivity index (χ1n) is 9.59. The number of amides is 1. The van der Waals surface area contributed by atoms with Crippen LogP contribution in [0.3, 0.4) is 0 Å². The lowest BCUT2D eigenvalue weighted by molar-refractivity contribution is 0.0958. The molecule has 3 N–H and O–H groups in total. The summed E-state index contributed by atoms with van der Waals surface area (Å²) < 4.78 is 5.81. The smallest absolute Gasteiger partial charge is 0.269 e. The molecule has 1 aromatic heterocycles. The predicted molar refractivity (Wildman–Crippen MR) is 117 cm³/mol. The Morgan fingerprint density at radius 1 is 0.931 bits per heavy atom. The topological polar surface area (TPSA) is 75.3 Å². The van der Waals surface area contributed by atoms with E-state index in [-0.39, 0.29) is 5.91 Å². The number of aromatic nitrogens is 1. The maximum absolute atomic E-state index is 11.7. The Morgan fingerprint density at radius 2 is 1.55 bits per heavy atom. The van der Waals surface area contributed by atoms with Crippen LogP contribution in [0.4, 0.5) is 11.4 Å². The van der Waals surface area contributed by atoms with Crippen molar-refractivity contribution >= 4 is 17.3 Å². The molecule has 0 aliphatic heterocycles. The molecular weight excluding hydrogens is 364 g/mol. The second-order valence-corrected chi connectivity index (χ2v) is 6.89. The van der Waals surface area contributed by atoms with Crippen LogP contribution in [-0.2, 0) is 0 Å². The number of anilines is 2. The third-order valence-corrected chi connectivity index (χ3v) is 4.44. The molecule has 0 radical (unpaired) electrons. The molecule has 0 bridgehead atoms. The minimum absolute atomic E-state index is 0.249. The molecule has 1 amide bonds. The predicted octanol–water partition coefficient (Wildman–Crippen LogP) is 4.84. The number of rotatable bonds is 8. The SMILES string of the molecule is CNC(=O)c1cc(Oc2ccc(NCNc3ccc(C(C)C)cc3)cc2)ccn1. The highest BCUT2D eigenvalue weighted by Crippen LogP contribution is 2.23. The summed E-state index contributed by atoms with van der Waals surface area (Å²) in [4.78, 5) is 15.7. The highest BCUT2D eigenvalue weighted by molar-refractivity contribution is 5.92.